The highest BCUT2D eigenvalue weighted by Crippen LogP contribution is 2.18. The minimum atomic E-state index is 0.646. The Morgan fingerprint density at radius 2 is 2.05 bits per heavy atom. The van der Waals surface area contributed by atoms with E-state index in [1.807, 2.05) is 19.1 Å². The van der Waals surface area contributed by atoms with Crippen LogP contribution in [-0.4, -0.2) is 33.4 Å². The van der Waals surface area contributed by atoms with Crippen LogP contribution in [0, 0.1) is 6.92 Å². The summed E-state index contributed by atoms with van der Waals surface area (Å²) >= 11 is 1.70. The number of aryl methyl sites for hydroxylation is 1. The highest BCUT2D eigenvalue weighted by molar-refractivity contribution is 7.99. The average molecular weight is 305 g/mol. The van der Waals surface area contributed by atoms with Gasteiger partial charge < -0.3 is 9.30 Å². The van der Waals surface area contributed by atoms with Crippen LogP contribution in [0.2, 0.25) is 0 Å². The molecule has 1 aromatic carbocycles. The van der Waals surface area contributed by atoms with Gasteiger partial charge in [0, 0.05) is 17.9 Å². The number of aldehydes is 1. The number of hydrogen-bond acceptors (Lipinski definition) is 5. The minimum absolute atomic E-state index is 0.646. The molecule has 2 rings (SSSR count). The fourth-order valence-electron chi connectivity index (χ4n) is 1.89. The third-order valence-electron chi connectivity index (χ3n) is 3.02. The maximum Gasteiger partial charge on any atom is 0.191 e. The maximum atomic E-state index is 10.5. The second kappa shape index (κ2) is 7.83. The van der Waals surface area contributed by atoms with Gasteiger partial charge in [0.1, 0.15) is 17.9 Å². The van der Waals surface area contributed by atoms with Crippen molar-refractivity contribution < 1.29 is 9.53 Å². The molecule has 112 valence electrons. The van der Waals surface area contributed by atoms with Gasteiger partial charge in [-0.05, 0) is 44.5 Å². The topological polar surface area (TPSA) is 57.0 Å². The van der Waals surface area contributed by atoms with E-state index >= 15 is 0 Å². The molecule has 0 radical (unpaired) electrons. The van der Waals surface area contributed by atoms with Gasteiger partial charge in [0.2, 0.25) is 0 Å². The number of rotatable bonds is 8. The molecule has 0 N–H and O–H groups in total. The van der Waals surface area contributed by atoms with Crippen molar-refractivity contribution in [1.82, 2.24) is 14.8 Å². The lowest BCUT2D eigenvalue weighted by Crippen LogP contribution is -2.01. The van der Waals surface area contributed by atoms with Crippen LogP contribution in [0.15, 0.2) is 29.4 Å². The number of hydrogen-bond donors (Lipinski definition) is 0. The zero-order valence-corrected chi connectivity index (χ0v) is 13.1. The standard InChI is InChI=1S/C15H19N3O2S/c1-3-18-12(2)16-17-15(18)21-10-4-9-20-14-7-5-13(11-19)6-8-14/h5-8,11H,3-4,9-10H2,1-2H3. The Bertz CT molecular complexity index is 581. The van der Waals surface area contributed by atoms with Gasteiger partial charge in [-0.15, -0.1) is 10.2 Å². The van der Waals surface area contributed by atoms with Crippen LogP contribution >= 0.6 is 11.8 Å². The number of carbonyl (C=O) groups excluding carboxylic acids is 1. The van der Waals surface area contributed by atoms with Crippen molar-refractivity contribution in [3.8, 4) is 5.75 Å². The van der Waals surface area contributed by atoms with Crippen molar-refractivity contribution in [3.63, 3.8) is 0 Å². The Balaban J connectivity index is 1.71. The van der Waals surface area contributed by atoms with Gasteiger partial charge in [-0.1, -0.05) is 11.8 Å². The van der Waals surface area contributed by atoms with Crippen molar-refractivity contribution in [2.45, 2.75) is 32.0 Å². The lowest BCUT2D eigenvalue weighted by Gasteiger charge is -2.07. The van der Waals surface area contributed by atoms with Gasteiger partial charge in [-0.2, -0.15) is 0 Å². The summed E-state index contributed by atoms with van der Waals surface area (Å²) in [6, 6.07) is 7.13. The molecule has 5 nitrogen and oxygen atoms in total. The van der Waals surface area contributed by atoms with E-state index < -0.39 is 0 Å². The molecule has 0 aliphatic rings. The van der Waals surface area contributed by atoms with Crippen LogP contribution in [0.25, 0.3) is 0 Å². The Morgan fingerprint density at radius 1 is 1.29 bits per heavy atom. The highest BCUT2D eigenvalue weighted by atomic mass is 32.2. The second-order valence-corrected chi connectivity index (χ2v) is 5.57. The number of ether oxygens (including phenoxy) is 1. The van der Waals surface area contributed by atoms with Crippen molar-refractivity contribution in [1.29, 1.82) is 0 Å². The van der Waals surface area contributed by atoms with E-state index in [1.54, 1.807) is 23.9 Å². The van der Waals surface area contributed by atoms with E-state index in [0.29, 0.717) is 12.2 Å². The summed E-state index contributed by atoms with van der Waals surface area (Å²) in [6.07, 6.45) is 1.75. The number of aromatic nitrogens is 3. The quantitative estimate of drug-likeness (QED) is 0.426. The number of nitrogens with zero attached hydrogens (tertiary/aromatic N) is 3. The first-order valence-corrected chi connectivity index (χ1v) is 7.93. The van der Waals surface area contributed by atoms with Gasteiger partial charge >= 0.3 is 0 Å². The summed E-state index contributed by atoms with van der Waals surface area (Å²) in [7, 11) is 0. The van der Waals surface area contributed by atoms with Crippen LogP contribution < -0.4 is 4.74 Å². The molecule has 0 atom stereocenters. The fraction of sp³-hybridized carbons (Fsp3) is 0.400. The molecule has 21 heavy (non-hydrogen) atoms. The van der Waals surface area contributed by atoms with Gasteiger partial charge in [-0.25, -0.2) is 0 Å². The van der Waals surface area contributed by atoms with E-state index in [2.05, 4.69) is 21.7 Å². The van der Waals surface area contributed by atoms with Gasteiger partial charge in [0.05, 0.1) is 6.61 Å². The minimum Gasteiger partial charge on any atom is -0.494 e. The smallest absolute Gasteiger partial charge is 0.191 e. The lowest BCUT2D eigenvalue weighted by molar-refractivity contribution is 0.112. The summed E-state index contributed by atoms with van der Waals surface area (Å²) in [5, 5.41) is 9.21. The lowest BCUT2D eigenvalue weighted by atomic mass is 10.2. The van der Waals surface area contributed by atoms with Crippen LogP contribution in [-0.2, 0) is 6.54 Å². The summed E-state index contributed by atoms with van der Waals surface area (Å²) < 4.78 is 7.73. The van der Waals surface area contributed by atoms with Gasteiger partial charge in [0.15, 0.2) is 5.16 Å². The van der Waals surface area contributed by atoms with Crippen LogP contribution in [0.5, 0.6) is 5.75 Å². The molecule has 0 bridgehead atoms. The number of benzene rings is 1. The summed E-state index contributed by atoms with van der Waals surface area (Å²) in [5.41, 5.74) is 0.659. The molecule has 0 fully saturated rings. The van der Waals surface area contributed by atoms with Crippen molar-refractivity contribution in [2.75, 3.05) is 12.4 Å². The molecule has 1 heterocycles. The molecular weight excluding hydrogens is 286 g/mol. The van der Waals surface area contributed by atoms with E-state index in [-0.39, 0.29) is 0 Å². The van der Waals surface area contributed by atoms with Crippen LogP contribution in [0.4, 0.5) is 0 Å². The third kappa shape index (κ3) is 4.32. The third-order valence-corrected chi connectivity index (χ3v) is 4.08. The number of thioether (sulfide) groups is 1. The van der Waals surface area contributed by atoms with Crippen LogP contribution in [0.1, 0.15) is 29.5 Å². The first-order chi connectivity index (χ1) is 10.2. The summed E-state index contributed by atoms with van der Waals surface area (Å²) in [4.78, 5) is 10.5. The molecule has 0 spiro atoms. The van der Waals surface area contributed by atoms with E-state index in [9.17, 15) is 4.79 Å². The van der Waals surface area contributed by atoms with Crippen molar-refractivity contribution >= 4 is 18.0 Å². The van der Waals surface area contributed by atoms with Crippen LogP contribution in [0.3, 0.4) is 0 Å². The second-order valence-electron chi connectivity index (χ2n) is 4.51. The SMILES string of the molecule is CCn1c(C)nnc1SCCCOc1ccc(C=O)cc1. The molecule has 0 amide bonds. The number of carbonyl (C=O) groups is 1. The molecule has 0 saturated carbocycles. The van der Waals surface area contributed by atoms with E-state index in [4.69, 9.17) is 4.74 Å². The maximum absolute atomic E-state index is 10.5. The average Bonchev–Trinajstić information content (AvgIpc) is 2.87. The molecule has 0 saturated heterocycles. The largest absolute Gasteiger partial charge is 0.494 e. The first-order valence-electron chi connectivity index (χ1n) is 6.95. The zero-order chi connectivity index (χ0) is 15.1. The van der Waals surface area contributed by atoms with Crippen molar-refractivity contribution in [2.24, 2.45) is 0 Å². The summed E-state index contributed by atoms with van der Waals surface area (Å²) in [6.45, 7) is 5.59. The fourth-order valence-corrected chi connectivity index (χ4v) is 2.85. The molecule has 2 aromatic rings. The van der Waals surface area contributed by atoms with E-state index in [1.165, 1.54) is 0 Å². The Kier molecular flexibility index (Phi) is 5.80. The Labute approximate surface area is 128 Å². The predicted octanol–water partition coefficient (Wildman–Crippen LogP) is 2.98. The molecule has 6 heteroatoms. The molecular formula is C15H19N3O2S. The highest BCUT2D eigenvalue weighted by Gasteiger charge is 2.07. The summed E-state index contributed by atoms with van der Waals surface area (Å²) in [5.74, 6) is 2.68. The molecule has 0 aliphatic heterocycles. The molecule has 0 unspecified atom stereocenters. The predicted molar refractivity (Wildman–Crippen MR) is 83.1 cm³/mol. The molecule has 0 aliphatic carbocycles. The monoisotopic (exact) mass is 305 g/mol. The Morgan fingerprint density at radius 3 is 2.71 bits per heavy atom. The zero-order valence-electron chi connectivity index (χ0n) is 12.3. The van der Waals surface area contributed by atoms with Gasteiger partial charge in [-0.3, -0.25) is 4.79 Å². The van der Waals surface area contributed by atoms with Gasteiger partial charge in [0.25, 0.3) is 0 Å². The normalized spacial score (nSPS) is 10.6. The van der Waals surface area contributed by atoms with E-state index in [0.717, 1.165) is 41.7 Å². The van der Waals surface area contributed by atoms with Crippen molar-refractivity contribution in [3.05, 3.63) is 35.7 Å². The Hall–Kier alpha value is -1.82. The molecule has 1 aromatic heterocycles. The first kappa shape index (κ1) is 15.6.